The molecular weight excluding hydrogens is 286 g/mol. The van der Waals surface area contributed by atoms with Crippen molar-refractivity contribution in [3.8, 4) is 0 Å². The zero-order valence-corrected chi connectivity index (χ0v) is 12.2. The molecule has 1 saturated heterocycles. The topological polar surface area (TPSA) is 99.6 Å². The first-order chi connectivity index (χ1) is 10.5. The minimum atomic E-state index is -1.07. The van der Waals surface area contributed by atoms with Gasteiger partial charge in [-0.05, 0) is 31.9 Å². The maximum absolute atomic E-state index is 12.2. The van der Waals surface area contributed by atoms with E-state index in [9.17, 15) is 14.4 Å². The smallest absolute Gasteiger partial charge is 0.337 e. The van der Waals surface area contributed by atoms with Crippen molar-refractivity contribution in [1.29, 1.82) is 0 Å². The van der Waals surface area contributed by atoms with E-state index in [0.717, 1.165) is 12.8 Å². The van der Waals surface area contributed by atoms with E-state index >= 15 is 0 Å². The third kappa shape index (κ3) is 2.79. The summed E-state index contributed by atoms with van der Waals surface area (Å²) in [4.78, 5) is 40.8. The number of pyridine rings is 1. The molecule has 7 heteroatoms. The van der Waals surface area contributed by atoms with Crippen molar-refractivity contribution in [3.63, 3.8) is 0 Å². The highest BCUT2D eigenvalue weighted by Crippen LogP contribution is 2.30. The number of carboxylic acids is 1. The zero-order valence-electron chi connectivity index (χ0n) is 12.2. The van der Waals surface area contributed by atoms with E-state index in [1.807, 2.05) is 4.90 Å². The summed E-state index contributed by atoms with van der Waals surface area (Å²) in [6.45, 7) is 2.09. The molecule has 1 aliphatic carbocycles. The summed E-state index contributed by atoms with van der Waals surface area (Å²) < 4.78 is 0. The average Bonchev–Trinajstić information content (AvgIpc) is 3.22. The Labute approximate surface area is 127 Å². The summed E-state index contributed by atoms with van der Waals surface area (Å²) in [6.07, 6.45) is 2.40. The van der Waals surface area contributed by atoms with Crippen molar-refractivity contribution < 1.29 is 19.5 Å². The van der Waals surface area contributed by atoms with Crippen LogP contribution >= 0.6 is 0 Å². The van der Waals surface area contributed by atoms with Crippen molar-refractivity contribution in [2.75, 3.05) is 6.54 Å². The molecule has 1 aromatic rings. The van der Waals surface area contributed by atoms with Crippen LogP contribution in [-0.4, -0.2) is 51.4 Å². The SMILES string of the molecule is Cc1nc(C(=O)NC2CC(=O)N(C3CC3)C2)ccc1C(=O)O. The predicted octanol–water partition coefficient (Wildman–Crippen LogP) is 0.581. The van der Waals surface area contributed by atoms with E-state index in [1.165, 1.54) is 12.1 Å². The molecule has 2 aliphatic rings. The molecule has 1 saturated carbocycles. The number of aromatic nitrogens is 1. The molecule has 2 N–H and O–H groups in total. The Morgan fingerprint density at radius 2 is 2.09 bits per heavy atom. The molecule has 2 fully saturated rings. The van der Waals surface area contributed by atoms with Crippen molar-refractivity contribution in [1.82, 2.24) is 15.2 Å². The first-order valence-corrected chi connectivity index (χ1v) is 7.27. The number of nitrogens with one attached hydrogen (secondary N) is 1. The number of carbonyl (C=O) groups excluding carboxylic acids is 2. The van der Waals surface area contributed by atoms with E-state index in [2.05, 4.69) is 10.3 Å². The van der Waals surface area contributed by atoms with Gasteiger partial charge < -0.3 is 15.3 Å². The fourth-order valence-electron chi connectivity index (χ4n) is 2.74. The lowest BCUT2D eigenvalue weighted by Crippen LogP contribution is -2.38. The number of hydrogen-bond donors (Lipinski definition) is 2. The van der Waals surface area contributed by atoms with Crippen molar-refractivity contribution in [2.45, 2.75) is 38.3 Å². The Hall–Kier alpha value is -2.44. The second-order valence-electron chi connectivity index (χ2n) is 5.79. The molecular formula is C15H17N3O4. The molecule has 0 aromatic carbocycles. The maximum Gasteiger partial charge on any atom is 0.337 e. The van der Waals surface area contributed by atoms with Crippen LogP contribution in [0.25, 0.3) is 0 Å². The van der Waals surface area contributed by atoms with E-state index in [1.54, 1.807) is 6.92 Å². The highest BCUT2D eigenvalue weighted by atomic mass is 16.4. The molecule has 22 heavy (non-hydrogen) atoms. The van der Waals surface area contributed by atoms with Crippen LogP contribution in [0.2, 0.25) is 0 Å². The van der Waals surface area contributed by atoms with Crippen LogP contribution in [0.3, 0.4) is 0 Å². The Morgan fingerprint density at radius 1 is 1.36 bits per heavy atom. The Balaban J connectivity index is 1.66. The standard InChI is InChI=1S/C15H17N3O4/c1-8-11(15(21)22)4-5-12(16-8)14(20)17-9-6-13(19)18(7-9)10-2-3-10/h4-5,9-10H,2-3,6-7H2,1H3,(H,17,20)(H,21,22). The van der Waals surface area contributed by atoms with Gasteiger partial charge in [0.25, 0.3) is 5.91 Å². The molecule has 2 amide bonds. The summed E-state index contributed by atoms with van der Waals surface area (Å²) >= 11 is 0. The van der Waals surface area contributed by atoms with Crippen molar-refractivity contribution in [3.05, 3.63) is 29.1 Å². The highest BCUT2D eigenvalue weighted by molar-refractivity contribution is 5.95. The molecule has 1 aromatic heterocycles. The summed E-state index contributed by atoms with van der Waals surface area (Å²) in [5.74, 6) is -1.37. The van der Waals surface area contributed by atoms with Crippen LogP contribution in [-0.2, 0) is 4.79 Å². The normalized spacial score (nSPS) is 21.0. The summed E-state index contributed by atoms with van der Waals surface area (Å²) in [7, 11) is 0. The van der Waals surface area contributed by atoms with E-state index < -0.39 is 5.97 Å². The molecule has 1 aliphatic heterocycles. The molecule has 2 heterocycles. The van der Waals surface area contributed by atoms with E-state index in [-0.39, 0.29) is 29.1 Å². The Bertz CT molecular complexity index is 654. The number of amides is 2. The van der Waals surface area contributed by atoms with Crippen LogP contribution in [0.15, 0.2) is 12.1 Å². The van der Waals surface area contributed by atoms with Crippen LogP contribution in [0.5, 0.6) is 0 Å². The van der Waals surface area contributed by atoms with Gasteiger partial charge in [0.1, 0.15) is 5.69 Å². The number of rotatable bonds is 4. The van der Waals surface area contributed by atoms with Crippen LogP contribution in [0.4, 0.5) is 0 Å². The average molecular weight is 303 g/mol. The fourth-order valence-corrected chi connectivity index (χ4v) is 2.74. The van der Waals surface area contributed by atoms with Gasteiger partial charge in [-0.25, -0.2) is 9.78 Å². The van der Waals surface area contributed by atoms with Crippen LogP contribution < -0.4 is 5.32 Å². The number of carbonyl (C=O) groups is 3. The van der Waals surface area contributed by atoms with E-state index in [0.29, 0.717) is 24.7 Å². The number of aryl methyl sites for hydroxylation is 1. The van der Waals surface area contributed by atoms with Gasteiger partial charge in [-0.1, -0.05) is 0 Å². The maximum atomic E-state index is 12.2. The Morgan fingerprint density at radius 3 is 2.68 bits per heavy atom. The second kappa shape index (κ2) is 5.40. The number of hydrogen-bond acceptors (Lipinski definition) is 4. The molecule has 0 spiro atoms. The molecule has 116 valence electrons. The van der Waals surface area contributed by atoms with Gasteiger partial charge in [-0.3, -0.25) is 9.59 Å². The first kappa shape index (κ1) is 14.5. The molecule has 0 bridgehead atoms. The number of likely N-dealkylation sites (tertiary alicyclic amines) is 1. The van der Waals surface area contributed by atoms with E-state index in [4.69, 9.17) is 5.11 Å². The zero-order chi connectivity index (χ0) is 15.9. The minimum absolute atomic E-state index is 0.0764. The number of aromatic carboxylic acids is 1. The van der Waals surface area contributed by atoms with Gasteiger partial charge in [0.15, 0.2) is 0 Å². The molecule has 7 nitrogen and oxygen atoms in total. The Kier molecular flexibility index (Phi) is 3.56. The third-order valence-corrected chi connectivity index (χ3v) is 4.03. The fraction of sp³-hybridized carbons (Fsp3) is 0.467. The van der Waals surface area contributed by atoms with Gasteiger partial charge in [0.2, 0.25) is 5.91 Å². The van der Waals surface area contributed by atoms with Gasteiger partial charge in [0, 0.05) is 19.0 Å². The highest BCUT2D eigenvalue weighted by Gasteiger charge is 2.39. The first-order valence-electron chi connectivity index (χ1n) is 7.27. The summed E-state index contributed by atoms with van der Waals surface area (Å²) in [5.41, 5.74) is 0.537. The van der Waals surface area contributed by atoms with Crippen molar-refractivity contribution >= 4 is 17.8 Å². The largest absolute Gasteiger partial charge is 0.478 e. The van der Waals surface area contributed by atoms with Crippen LogP contribution in [0.1, 0.15) is 45.8 Å². The monoisotopic (exact) mass is 303 g/mol. The minimum Gasteiger partial charge on any atom is -0.478 e. The molecule has 3 rings (SSSR count). The van der Waals surface area contributed by atoms with Gasteiger partial charge >= 0.3 is 5.97 Å². The number of nitrogens with zero attached hydrogens (tertiary/aromatic N) is 2. The predicted molar refractivity (Wildman–Crippen MR) is 76.5 cm³/mol. The summed E-state index contributed by atoms with van der Waals surface area (Å²) in [6, 6.07) is 2.91. The second-order valence-corrected chi connectivity index (χ2v) is 5.79. The van der Waals surface area contributed by atoms with Crippen LogP contribution in [0, 0.1) is 6.92 Å². The quantitative estimate of drug-likeness (QED) is 0.847. The lowest BCUT2D eigenvalue weighted by Gasteiger charge is -2.16. The van der Waals surface area contributed by atoms with Crippen molar-refractivity contribution in [2.24, 2.45) is 0 Å². The van der Waals surface area contributed by atoms with Gasteiger partial charge in [-0.15, -0.1) is 0 Å². The molecule has 1 unspecified atom stereocenters. The number of carboxylic acid groups (broad SMARTS) is 1. The lowest BCUT2D eigenvalue weighted by molar-refractivity contribution is -0.128. The third-order valence-electron chi connectivity index (χ3n) is 4.03. The van der Waals surface area contributed by atoms with Gasteiger partial charge in [0.05, 0.1) is 17.3 Å². The molecule has 1 atom stereocenters. The summed E-state index contributed by atoms with van der Waals surface area (Å²) in [5, 5.41) is 11.8. The molecule has 0 radical (unpaired) electrons. The lowest BCUT2D eigenvalue weighted by atomic mass is 10.1. The van der Waals surface area contributed by atoms with Gasteiger partial charge in [-0.2, -0.15) is 0 Å².